The van der Waals surface area contributed by atoms with Gasteiger partial charge in [0.25, 0.3) is 0 Å². The molecule has 1 aliphatic heterocycles. The number of nitrogens with zero attached hydrogens (tertiary/aromatic N) is 1. The van der Waals surface area contributed by atoms with Crippen molar-refractivity contribution in [2.75, 3.05) is 32.7 Å². The van der Waals surface area contributed by atoms with Gasteiger partial charge in [0.1, 0.15) is 5.82 Å². The molecule has 0 radical (unpaired) electrons. The van der Waals surface area contributed by atoms with Crippen LogP contribution in [0.15, 0.2) is 22.7 Å². The van der Waals surface area contributed by atoms with Crippen LogP contribution < -0.4 is 5.32 Å². The summed E-state index contributed by atoms with van der Waals surface area (Å²) >= 11 is 3.39. The molecule has 0 saturated carbocycles. The Labute approximate surface area is 117 Å². The number of halogens is 2. The largest absolute Gasteiger partial charge is 0.315 e. The summed E-state index contributed by atoms with van der Waals surface area (Å²) in [5.74, 6) is -0.0873. The topological polar surface area (TPSA) is 15.3 Å². The van der Waals surface area contributed by atoms with E-state index in [0.29, 0.717) is 0 Å². The lowest BCUT2D eigenvalue weighted by Gasteiger charge is -2.19. The maximum absolute atomic E-state index is 13.6. The van der Waals surface area contributed by atoms with Crippen molar-refractivity contribution in [1.29, 1.82) is 0 Å². The van der Waals surface area contributed by atoms with Crippen molar-refractivity contribution in [3.05, 3.63) is 34.1 Å². The van der Waals surface area contributed by atoms with Crippen molar-refractivity contribution in [2.45, 2.75) is 19.3 Å². The average Bonchev–Trinajstić information content (AvgIpc) is 2.62. The van der Waals surface area contributed by atoms with E-state index in [1.54, 1.807) is 6.07 Å². The highest BCUT2D eigenvalue weighted by atomic mass is 79.9. The van der Waals surface area contributed by atoms with E-state index in [-0.39, 0.29) is 5.82 Å². The predicted molar refractivity (Wildman–Crippen MR) is 76.3 cm³/mol. The van der Waals surface area contributed by atoms with E-state index < -0.39 is 0 Å². The summed E-state index contributed by atoms with van der Waals surface area (Å²) in [5, 5.41) is 3.39. The molecule has 100 valence electrons. The van der Waals surface area contributed by atoms with Crippen LogP contribution in [0.1, 0.15) is 18.4 Å². The summed E-state index contributed by atoms with van der Waals surface area (Å²) in [5.41, 5.74) is 0.817. The van der Waals surface area contributed by atoms with Crippen molar-refractivity contribution in [1.82, 2.24) is 10.2 Å². The molecule has 4 heteroatoms. The molecule has 0 aliphatic carbocycles. The van der Waals surface area contributed by atoms with Gasteiger partial charge in [-0.2, -0.15) is 0 Å². The SMILES string of the molecule is Fc1ccc(Br)cc1CCCN1CCCNCC1. The van der Waals surface area contributed by atoms with Crippen molar-refractivity contribution < 1.29 is 4.39 Å². The minimum atomic E-state index is -0.0873. The molecule has 0 atom stereocenters. The van der Waals surface area contributed by atoms with Crippen LogP contribution >= 0.6 is 15.9 Å². The van der Waals surface area contributed by atoms with Gasteiger partial charge in [-0.05, 0) is 62.7 Å². The molecule has 1 aromatic rings. The Hall–Kier alpha value is -0.450. The highest BCUT2D eigenvalue weighted by molar-refractivity contribution is 9.10. The normalized spacial score (nSPS) is 17.7. The molecule has 0 bridgehead atoms. The number of hydrogen-bond donors (Lipinski definition) is 1. The quantitative estimate of drug-likeness (QED) is 0.919. The Kier molecular flexibility index (Phi) is 5.60. The molecular formula is C14H20BrFN2. The first-order valence-corrected chi connectivity index (χ1v) is 7.42. The van der Waals surface area contributed by atoms with Gasteiger partial charge in [-0.1, -0.05) is 15.9 Å². The van der Waals surface area contributed by atoms with Crippen molar-refractivity contribution in [2.24, 2.45) is 0 Å². The fourth-order valence-electron chi connectivity index (χ4n) is 2.35. The standard InChI is InChI=1S/C14H20BrFN2/c15-13-4-5-14(16)12(11-13)3-1-8-18-9-2-6-17-7-10-18/h4-5,11,17H,1-3,6-10H2. The maximum Gasteiger partial charge on any atom is 0.126 e. The van der Waals surface area contributed by atoms with E-state index in [4.69, 9.17) is 0 Å². The third kappa shape index (κ3) is 4.34. The van der Waals surface area contributed by atoms with E-state index in [0.717, 1.165) is 55.6 Å². The lowest BCUT2D eigenvalue weighted by atomic mass is 10.1. The summed E-state index contributed by atoms with van der Waals surface area (Å²) in [4.78, 5) is 2.47. The first kappa shape index (κ1) is 14.0. The van der Waals surface area contributed by atoms with Crippen LogP contribution in [0.25, 0.3) is 0 Å². The second kappa shape index (κ2) is 7.22. The van der Waals surface area contributed by atoms with E-state index in [9.17, 15) is 4.39 Å². The van der Waals surface area contributed by atoms with E-state index in [1.807, 2.05) is 6.07 Å². The summed E-state index contributed by atoms with van der Waals surface area (Å²) in [7, 11) is 0. The Morgan fingerprint density at radius 2 is 2.17 bits per heavy atom. The summed E-state index contributed by atoms with van der Waals surface area (Å²) in [6.07, 6.45) is 3.05. The van der Waals surface area contributed by atoms with Gasteiger partial charge in [0.05, 0.1) is 0 Å². The Morgan fingerprint density at radius 1 is 1.28 bits per heavy atom. The van der Waals surface area contributed by atoms with Gasteiger partial charge in [-0.3, -0.25) is 0 Å². The van der Waals surface area contributed by atoms with Gasteiger partial charge >= 0.3 is 0 Å². The molecule has 1 N–H and O–H groups in total. The van der Waals surface area contributed by atoms with Gasteiger partial charge in [0.15, 0.2) is 0 Å². The van der Waals surface area contributed by atoms with Crippen molar-refractivity contribution in [3.63, 3.8) is 0 Å². The zero-order valence-corrected chi connectivity index (χ0v) is 12.2. The molecule has 2 nitrogen and oxygen atoms in total. The van der Waals surface area contributed by atoms with E-state index >= 15 is 0 Å². The Morgan fingerprint density at radius 3 is 3.06 bits per heavy atom. The number of benzene rings is 1. The number of rotatable bonds is 4. The molecule has 1 heterocycles. The van der Waals surface area contributed by atoms with E-state index in [2.05, 4.69) is 26.1 Å². The summed E-state index contributed by atoms with van der Waals surface area (Å²) in [6.45, 7) is 5.53. The fourth-order valence-corrected chi connectivity index (χ4v) is 2.76. The molecular weight excluding hydrogens is 295 g/mol. The Bertz CT molecular complexity index is 376. The molecule has 18 heavy (non-hydrogen) atoms. The van der Waals surface area contributed by atoms with Gasteiger partial charge in [0, 0.05) is 17.6 Å². The average molecular weight is 315 g/mol. The first-order valence-electron chi connectivity index (χ1n) is 6.63. The molecule has 0 spiro atoms. The maximum atomic E-state index is 13.6. The van der Waals surface area contributed by atoms with Crippen LogP contribution in [0.5, 0.6) is 0 Å². The molecule has 1 aromatic carbocycles. The van der Waals surface area contributed by atoms with Gasteiger partial charge in [-0.25, -0.2) is 4.39 Å². The molecule has 1 fully saturated rings. The fraction of sp³-hybridized carbons (Fsp3) is 0.571. The highest BCUT2D eigenvalue weighted by Gasteiger charge is 2.09. The van der Waals surface area contributed by atoms with E-state index in [1.165, 1.54) is 12.5 Å². The zero-order chi connectivity index (χ0) is 12.8. The molecule has 1 aliphatic rings. The first-order chi connectivity index (χ1) is 8.75. The van der Waals surface area contributed by atoms with Crippen LogP contribution in [0, 0.1) is 5.82 Å². The second-order valence-electron chi connectivity index (χ2n) is 4.78. The Balaban J connectivity index is 1.78. The third-order valence-electron chi connectivity index (χ3n) is 3.36. The van der Waals surface area contributed by atoms with Crippen LogP contribution in [-0.4, -0.2) is 37.6 Å². The minimum absolute atomic E-state index is 0.0873. The molecule has 0 unspecified atom stereocenters. The number of hydrogen-bond acceptors (Lipinski definition) is 2. The van der Waals surface area contributed by atoms with Gasteiger partial charge < -0.3 is 10.2 Å². The number of nitrogens with one attached hydrogen (secondary N) is 1. The third-order valence-corrected chi connectivity index (χ3v) is 3.85. The lowest BCUT2D eigenvalue weighted by molar-refractivity contribution is 0.288. The molecule has 1 saturated heterocycles. The summed E-state index contributed by atoms with van der Waals surface area (Å²) in [6, 6.07) is 5.17. The second-order valence-corrected chi connectivity index (χ2v) is 5.70. The lowest BCUT2D eigenvalue weighted by Crippen LogP contribution is -2.29. The highest BCUT2D eigenvalue weighted by Crippen LogP contribution is 2.17. The minimum Gasteiger partial charge on any atom is -0.315 e. The molecule has 0 amide bonds. The summed E-state index contributed by atoms with van der Waals surface area (Å²) < 4.78 is 14.5. The van der Waals surface area contributed by atoms with Crippen molar-refractivity contribution in [3.8, 4) is 0 Å². The molecule has 2 rings (SSSR count). The number of aryl methyl sites for hydroxylation is 1. The monoisotopic (exact) mass is 314 g/mol. The van der Waals surface area contributed by atoms with Crippen LogP contribution in [-0.2, 0) is 6.42 Å². The van der Waals surface area contributed by atoms with Crippen molar-refractivity contribution >= 4 is 15.9 Å². The predicted octanol–water partition coefficient (Wildman–Crippen LogP) is 2.82. The van der Waals surface area contributed by atoms with Crippen LogP contribution in [0.4, 0.5) is 4.39 Å². The molecule has 0 aromatic heterocycles. The van der Waals surface area contributed by atoms with Gasteiger partial charge in [0.2, 0.25) is 0 Å². The zero-order valence-electron chi connectivity index (χ0n) is 10.6. The van der Waals surface area contributed by atoms with Gasteiger partial charge in [-0.15, -0.1) is 0 Å². The smallest absolute Gasteiger partial charge is 0.126 e. The van der Waals surface area contributed by atoms with Crippen LogP contribution in [0.2, 0.25) is 0 Å². The van der Waals surface area contributed by atoms with Crippen LogP contribution in [0.3, 0.4) is 0 Å².